The molecule has 1 aliphatic carbocycles. The Morgan fingerprint density at radius 2 is 2.03 bits per heavy atom. The Labute approximate surface area is 178 Å². The maximum Gasteiger partial charge on any atom is 0.223 e. The van der Waals surface area contributed by atoms with Gasteiger partial charge in [-0.3, -0.25) is 4.79 Å². The first-order valence-corrected chi connectivity index (χ1v) is 10.6. The number of hydrogen-bond acceptors (Lipinski definition) is 4. The van der Waals surface area contributed by atoms with Gasteiger partial charge in [-0.05, 0) is 43.2 Å². The molecule has 3 rings (SSSR count). The van der Waals surface area contributed by atoms with Crippen molar-refractivity contribution in [3.05, 3.63) is 87.9 Å². The third kappa shape index (κ3) is 6.71. The number of aromatic nitrogens is 1. The number of hydrogen-bond donors (Lipinski definition) is 1. The summed E-state index contributed by atoms with van der Waals surface area (Å²) in [5.74, 6) is 0.305. The predicted molar refractivity (Wildman–Crippen MR) is 119 cm³/mol. The van der Waals surface area contributed by atoms with Gasteiger partial charge in [-0.15, -0.1) is 0 Å². The van der Waals surface area contributed by atoms with Gasteiger partial charge >= 0.3 is 0 Å². The Kier molecular flexibility index (Phi) is 8.48. The van der Waals surface area contributed by atoms with E-state index in [0.717, 1.165) is 31.4 Å². The zero-order chi connectivity index (χ0) is 21.2. The lowest BCUT2D eigenvalue weighted by Gasteiger charge is -2.19. The highest BCUT2D eigenvalue weighted by Crippen LogP contribution is 2.16. The van der Waals surface area contributed by atoms with Gasteiger partial charge in [0.15, 0.2) is 5.75 Å². The standard InChI is InChI=1S/C25H31NO4/c1-29-19-22-15-24(28)25(30-18-21-11-5-2-3-6-12-21)17-26(22)16-23(27)14-13-20-9-7-4-8-10-20/h2,4-5,7-11,15,17,23,27H,3,6,12-14,16,18-19H2,1H3. The van der Waals surface area contributed by atoms with E-state index in [2.05, 4.69) is 30.4 Å². The number of aryl methyl sites for hydroxylation is 1. The first kappa shape index (κ1) is 22.1. The fraction of sp³-hybridized carbons (Fsp3) is 0.400. The number of aliphatic hydroxyl groups is 1. The maximum atomic E-state index is 12.5. The monoisotopic (exact) mass is 409 g/mol. The van der Waals surface area contributed by atoms with Gasteiger partial charge in [0.2, 0.25) is 5.43 Å². The first-order chi connectivity index (χ1) is 14.7. The minimum Gasteiger partial charge on any atom is -0.484 e. The summed E-state index contributed by atoms with van der Waals surface area (Å²) < 4.78 is 13.0. The predicted octanol–water partition coefficient (Wildman–Crippen LogP) is 4.03. The van der Waals surface area contributed by atoms with E-state index in [1.54, 1.807) is 19.4 Å². The highest BCUT2D eigenvalue weighted by molar-refractivity contribution is 5.24. The van der Waals surface area contributed by atoms with Crippen molar-refractivity contribution >= 4 is 0 Å². The minimum absolute atomic E-state index is 0.165. The van der Waals surface area contributed by atoms with Crippen molar-refractivity contribution in [3.63, 3.8) is 0 Å². The molecular formula is C25H31NO4. The van der Waals surface area contributed by atoms with Crippen LogP contribution in [0, 0.1) is 0 Å². The molecule has 1 atom stereocenters. The average molecular weight is 410 g/mol. The molecule has 5 nitrogen and oxygen atoms in total. The van der Waals surface area contributed by atoms with Crippen LogP contribution in [-0.4, -0.2) is 29.5 Å². The summed E-state index contributed by atoms with van der Waals surface area (Å²) in [4.78, 5) is 12.5. The summed E-state index contributed by atoms with van der Waals surface area (Å²) in [6.07, 6.45) is 12.0. The van der Waals surface area contributed by atoms with Crippen molar-refractivity contribution in [2.45, 2.75) is 51.4 Å². The Bertz CT molecular complexity index is 914. The van der Waals surface area contributed by atoms with Gasteiger partial charge in [0.1, 0.15) is 6.61 Å². The molecule has 0 fully saturated rings. The topological polar surface area (TPSA) is 60.7 Å². The summed E-state index contributed by atoms with van der Waals surface area (Å²) in [6, 6.07) is 11.7. The van der Waals surface area contributed by atoms with Crippen LogP contribution in [0.25, 0.3) is 0 Å². The molecule has 0 saturated carbocycles. The van der Waals surface area contributed by atoms with Crippen LogP contribution in [0.3, 0.4) is 0 Å². The normalized spacial score (nSPS) is 14.8. The minimum atomic E-state index is -0.536. The van der Waals surface area contributed by atoms with Gasteiger partial charge in [-0.1, -0.05) is 48.6 Å². The van der Waals surface area contributed by atoms with E-state index in [9.17, 15) is 9.90 Å². The molecule has 0 saturated heterocycles. The van der Waals surface area contributed by atoms with E-state index in [1.165, 1.54) is 11.1 Å². The quantitative estimate of drug-likeness (QED) is 0.644. The van der Waals surface area contributed by atoms with Gasteiger partial charge in [0.25, 0.3) is 0 Å². The van der Waals surface area contributed by atoms with Gasteiger partial charge in [0, 0.05) is 25.4 Å². The number of ether oxygens (including phenoxy) is 2. The molecule has 0 radical (unpaired) electrons. The van der Waals surface area contributed by atoms with E-state index in [4.69, 9.17) is 9.47 Å². The molecule has 0 spiro atoms. The highest BCUT2D eigenvalue weighted by atomic mass is 16.5. The van der Waals surface area contributed by atoms with Crippen LogP contribution in [0.4, 0.5) is 0 Å². The summed E-state index contributed by atoms with van der Waals surface area (Å²) in [7, 11) is 1.59. The fourth-order valence-electron chi connectivity index (χ4n) is 3.56. The number of aliphatic hydroxyl groups excluding tert-OH is 1. The molecule has 2 aromatic rings. The summed E-state index contributed by atoms with van der Waals surface area (Å²) >= 11 is 0. The summed E-state index contributed by atoms with van der Waals surface area (Å²) in [5, 5.41) is 10.6. The Balaban J connectivity index is 1.68. The van der Waals surface area contributed by atoms with Crippen LogP contribution in [0.15, 0.2) is 71.2 Å². The van der Waals surface area contributed by atoms with Crippen LogP contribution < -0.4 is 10.2 Å². The van der Waals surface area contributed by atoms with Crippen LogP contribution >= 0.6 is 0 Å². The third-order valence-electron chi connectivity index (χ3n) is 5.24. The van der Waals surface area contributed by atoms with Crippen LogP contribution in [0.2, 0.25) is 0 Å². The van der Waals surface area contributed by atoms with E-state index in [-0.39, 0.29) is 5.43 Å². The fourth-order valence-corrected chi connectivity index (χ4v) is 3.56. The molecule has 1 aromatic carbocycles. The summed E-state index contributed by atoms with van der Waals surface area (Å²) in [6.45, 7) is 1.09. The van der Waals surface area contributed by atoms with E-state index < -0.39 is 6.10 Å². The molecular weight excluding hydrogens is 378 g/mol. The van der Waals surface area contributed by atoms with E-state index in [0.29, 0.717) is 31.9 Å². The molecule has 160 valence electrons. The maximum absolute atomic E-state index is 12.5. The number of benzene rings is 1. The lowest BCUT2D eigenvalue weighted by molar-refractivity contribution is 0.134. The molecule has 1 aromatic heterocycles. The van der Waals surface area contributed by atoms with Crippen LogP contribution in [-0.2, 0) is 24.3 Å². The zero-order valence-electron chi connectivity index (χ0n) is 17.6. The molecule has 0 aliphatic heterocycles. The van der Waals surface area contributed by atoms with Crippen molar-refractivity contribution in [3.8, 4) is 5.75 Å². The number of rotatable bonds is 10. The van der Waals surface area contributed by atoms with Crippen LogP contribution in [0.5, 0.6) is 5.75 Å². The number of allylic oxidation sites excluding steroid dienone is 3. The zero-order valence-corrected chi connectivity index (χ0v) is 17.6. The Morgan fingerprint density at radius 1 is 1.20 bits per heavy atom. The molecule has 30 heavy (non-hydrogen) atoms. The van der Waals surface area contributed by atoms with Crippen LogP contribution in [0.1, 0.15) is 36.9 Å². The van der Waals surface area contributed by atoms with E-state index in [1.807, 2.05) is 22.8 Å². The molecule has 1 aliphatic rings. The lowest BCUT2D eigenvalue weighted by Crippen LogP contribution is -2.23. The molecule has 1 heterocycles. The second-order valence-electron chi connectivity index (χ2n) is 7.69. The second-order valence-corrected chi connectivity index (χ2v) is 7.69. The third-order valence-corrected chi connectivity index (χ3v) is 5.24. The Hall–Kier alpha value is -2.63. The Morgan fingerprint density at radius 3 is 2.83 bits per heavy atom. The molecule has 1 N–H and O–H groups in total. The smallest absolute Gasteiger partial charge is 0.223 e. The summed E-state index contributed by atoms with van der Waals surface area (Å²) in [5.41, 5.74) is 2.94. The largest absolute Gasteiger partial charge is 0.484 e. The van der Waals surface area contributed by atoms with Crippen molar-refractivity contribution in [1.82, 2.24) is 4.57 Å². The second kappa shape index (κ2) is 11.5. The SMILES string of the molecule is COCc1cc(=O)c(OCC2=CC=CCCC2)cn1CC(O)CCc1ccccc1. The number of nitrogens with zero attached hydrogens (tertiary/aromatic N) is 1. The molecule has 0 amide bonds. The van der Waals surface area contributed by atoms with Gasteiger partial charge < -0.3 is 19.1 Å². The van der Waals surface area contributed by atoms with Gasteiger partial charge in [0.05, 0.1) is 18.9 Å². The van der Waals surface area contributed by atoms with Gasteiger partial charge in [-0.25, -0.2) is 0 Å². The van der Waals surface area contributed by atoms with Crippen molar-refractivity contribution < 1.29 is 14.6 Å². The van der Waals surface area contributed by atoms with E-state index >= 15 is 0 Å². The van der Waals surface area contributed by atoms with Crippen molar-refractivity contribution in [2.75, 3.05) is 13.7 Å². The molecule has 0 bridgehead atoms. The van der Waals surface area contributed by atoms with Crippen molar-refractivity contribution in [1.29, 1.82) is 0 Å². The highest BCUT2D eigenvalue weighted by Gasteiger charge is 2.13. The average Bonchev–Trinajstić information content (AvgIpc) is 3.03. The molecule has 5 heteroatoms. The number of methoxy groups -OCH3 is 1. The molecule has 1 unspecified atom stereocenters. The van der Waals surface area contributed by atoms with Crippen molar-refractivity contribution in [2.24, 2.45) is 0 Å². The first-order valence-electron chi connectivity index (χ1n) is 10.6. The number of pyridine rings is 1. The van der Waals surface area contributed by atoms with Gasteiger partial charge in [-0.2, -0.15) is 0 Å². The lowest BCUT2D eigenvalue weighted by atomic mass is 10.1.